The minimum absolute atomic E-state index is 0.00608. The quantitative estimate of drug-likeness (QED) is 0.801. The van der Waals surface area contributed by atoms with Gasteiger partial charge in [0.15, 0.2) is 0 Å². The van der Waals surface area contributed by atoms with Gasteiger partial charge >= 0.3 is 6.03 Å². The highest BCUT2D eigenvalue weighted by Gasteiger charge is 2.05. The van der Waals surface area contributed by atoms with Gasteiger partial charge in [0.1, 0.15) is 0 Å². The van der Waals surface area contributed by atoms with E-state index in [-0.39, 0.29) is 6.03 Å². The van der Waals surface area contributed by atoms with Crippen LogP contribution in [-0.2, 0) is 6.42 Å². The molecule has 0 atom stereocenters. The maximum atomic E-state index is 11.4. The van der Waals surface area contributed by atoms with Crippen molar-refractivity contribution in [2.24, 2.45) is 0 Å². The Hall–Kier alpha value is -1.51. The summed E-state index contributed by atoms with van der Waals surface area (Å²) in [7, 11) is 1.81. The van der Waals surface area contributed by atoms with Gasteiger partial charge in [0.25, 0.3) is 0 Å². The number of urea groups is 1. The molecule has 1 aromatic rings. The molecule has 0 unspecified atom stereocenters. The number of nitrogens with zero attached hydrogens (tertiary/aromatic N) is 1. The van der Waals surface area contributed by atoms with Crippen molar-refractivity contribution in [1.82, 2.24) is 10.2 Å². The molecule has 1 aromatic carbocycles. The lowest BCUT2D eigenvalue weighted by Gasteiger charge is -2.17. The van der Waals surface area contributed by atoms with E-state index >= 15 is 0 Å². The molecule has 0 aliphatic rings. The molecule has 3 heteroatoms. The van der Waals surface area contributed by atoms with Crippen molar-refractivity contribution in [2.75, 3.05) is 20.1 Å². The van der Waals surface area contributed by atoms with E-state index < -0.39 is 0 Å². The maximum absolute atomic E-state index is 11.4. The predicted molar refractivity (Wildman–Crippen MR) is 61.8 cm³/mol. The van der Waals surface area contributed by atoms with Gasteiger partial charge in [-0.2, -0.15) is 0 Å². The molecule has 1 rings (SSSR count). The van der Waals surface area contributed by atoms with Crippen molar-refractivity contribution < 1.29 is 4.79 Å². The zero-order valence-corrected chi connectivity index (χ0v) is 9.36. The number of benzene rings is 1. The Bertz CT molecular complexity index is 298. The van der Waals surface area contributed by atoms with Crippen LogP contribution in [0.15, 0.2) is 30.3 Å². The molecule has 0 bridgehead atoms. The lowest BCUT2D eigenvalue weighted by atomic mass is 10.1. The zero-order valence-electron chi connectivity index (χ0n) is 9.36. The molecule has 2 amide bonds. The predicted octanol–water partition coefficient (Wildman–Crippen LogP) is 1.89. The highest BCUT2D eigenvalue weighted by molar-refractivity contribution is 5.73. The van der Waals surface area contributed by atoms with E-state index in [0.29, 0.717) is 6.54 Å². The third-order valence-electron chi connectivity index (χ3n) is 2.25. The largest absolute Gasteiger partial charge is 0.338 e. The van der Waals surface area contributed by atoms with E-state index in [1.165, 1.54) is 5.56 Å². The molecule has 3 nitrogen and oxygen atoms in total. The van der Waals surface area contributed by atoms with Crippen LogP contribution in [-0.4, -0.2) is 31.1 Å². The summed E-state index contributed by atoms with van der Waals surface area (Å²) >= 11 is 0. The molecule has 0 radical (unpaired) electrons. The molecule has 0 fully saturated rings. The number of hydrogen-bond donors (Lipinski definition) is 1. The van der Waals surface area contributed by atoms with E-state index in [1.807, 2.05) is 32.2 Å². The molecule has 0 saturated carbocycles. The fourth-order valence-electron chi connectivity index (χ4n) is 1.33. The number of nitrogens with one attached hydrogen (secondary N) is 1. The van der Waals surface area contributed by atoms with E-state index in [9.17, 15) is 4.79 Å². The normalized spacial score (nSPS) is 9.73. The summed E-state index contributed by atoms with van der Waals surface area (Å²) in [6, 6.07) is 10.2. The van der Waals surface area contributed by atoms with Crippen LogP contribution in [0.1, 0.15) is 12.5 Å². The summed E-state index contributed by atoms with van der Waals surface area (Å²) in [6.07, 6.45) is 0.897. The Morgan fingerprint density at radius 1 is 1.33 bits per heavy atom. The highest BCUT2D eigenvalue weighted by Crippen LogP contribution is 2.00. The minimum Gasteiger partial charge on any atom is -0.338 e. The van der Waals surface area contributed by atoms with Crippen LogP contribution in [0.2, 0.25) is 0 Å². The van der Waals surface area contributed by atoms with E-state index in [2.05, 4.69) is 17.4 Å². The fourth-order valence-corrected chi connectivity index (χ4v) is 1.33. The summed E-state index contributed by atoms with van der Waals surface area (Å²) in [5, 5.41) is 2.77. The van der Waals surface area contributed by atoms with Crippen LogP contribution >= 0.6 is 0 Å². The van der Waals surface area contributed by atoms with Crippen LogP contribution < -0.4 is 5.32 Å². The third kappa shape index (κ3) is 4.02. The molecule has 0 aliphatic carbocycles. The summed E-state index contributed by atoms with van der Waals surface area (Å²) in [4.78, 5) is 13.1. The minimum atomic E-state index is -0.00608. The lowest BCUT2D eigenvalue weighted by Crippen LogP contribution is -2.38. The number of carbonyl (C=O) groups is 1. The average Bonchev–Trinajstić information content (AvgIpc) is 2.27. The Labute approximate surface area is 91.1 Å². The van der Waals surface area contributed by atoms with Crippen molar-refractivity contribution in [3.63, 3.8) is 0 Å². The second-order valence-electron chi connectivity index (χ2n) is 3.49. The SMILES string of the molecule is CCNC(=O)N(C)CCc1ccccc1. The van der Waals surface area contributed by atoms with Crippen LogP contribution in [0, 0.1) is 0 Å². The van der Waals surface area contributed by atoms with Gasteiger partial charge in [0, 0.05) is 20.1 Å². The number of likely N-dealkylation sites (N-methyl/N-ethyl adjacent to an activating group) is 1. The molecular formula is C12H18N2O. The van der Waals surface area contributed by atoms with Gasteiger partial charge < -0.3 is 10.2 Å². The molecular weight excluding hydrogens is 188 g/mol. The van der Waals surface area contributed by atoms with Crippen molar-refractivity contribution in [3.05, 3.63) is 35.9 Å². The second kappa shape index (κ2) is 6.06. The van der Waals surface area contributed by atoms with Crippen LogP contribution in [0.4, 0.5) is 4.79 Å². The van der Waals surface area contributed by atoms with Gasteiger partial charge in [-0.3, -0.25) is 0 Å². The van der Waals surface area contributed by atoms with Crippen molar-refractivity contribution in [2.45, 2.75) is 13.3 Å². The van der Waals surface area contributed by atoms with Crippen LogP contribution in [0.25, 0.3) is 0 Å². The Morgan fingerprint density at radius 3 is 2.60 bits per heavy atom. The molecule has 1 N–H and O–H groups in total. The molecule has 82 valence electrons. The standard InChI is InChI=1S/C12H18N2O/c1-3-13-12(15)14(2)10-9-11-7-5-4-6-8-11/h4-8H,3,9-10H2,1-2H3,(H,13,15). The Balaban J connectivity index is 2.34. The van der Waals surface area contributed by atoms with Gasteiger partial charge in [-0.1, -0.05) is 30.3 Å². The first kappa shape index (κ1) is 11.6. The van der Waals surface area contributed by atoms with Crippen molar-refractivity contribution >= 4 is 6.03 Å². The Morgan fingerprint density at radius 2 is 2.00 bits per heavy atom. The van der Waals surface area contributed by atoms with Gasteiger partial charge in [0.2, 0.25) is 0 Å². The summed E-state index contributed by atoms with van der Waals surface area (Å²) in [6.45, 7) is 3.34. The third-order valence-corrected chi connectivity index (χ3v) is 2.25. The molecule has 15 heavy (non-hydrogen) atoms. The summed E-state index contributed by atoms with van der Waals surface area (Å²) in [5.74, 6) is 0. The lowest BCUT2D eigenvalue weighted by molar-refractivity contribution is 0.210. The van der Waals surface area contributed by atoms with Gasteiger partial charge in [-0.15, -0.1) is 0 Å². The first-order valence-electron chi connectivity index (χ1n) is 5.27. The number of amides is 2. The van der Waals surface area contributed by atoms with Gasteiger partial charge in [0.05, 0.1) is 0 Å². The molecule has 0 aromatic heterocycles. The average molecular weight is 206 g/mol. The van der Waals surface area contributed by atoms with Crippen molar-refractivity contribution in [1.29, 1.82) is 0 Å². The molecule has 0 aliphatic heterocycles. The van der Waals surface area contributed by atoms with E-state index in [0.717, 1.165) is 13.0 Å². The second-order valence-corrected chi connectivity index (χ2v) is 3.49. The van der Waals surface area contributed by atoms with Gasteiger partial charge in [-0.25, -0.2) is 4.79 Å². The first-order chi connectivity index (χ1) is 7.24. The van der Waals surface area contributed by atoms with E-state index in [4.69, 9.17) is 0 Å². The van der Waals surface area contributed by atoms with Crippen LogP contribution in [0.3, 0.4) is 0 Å². The number of hydrogen-bond acceptors (Lipinski definition) is 1. The topological polar surface area (TPSA) is 32.3 Å². The fraction of sp³-hybridized carbons (Fsp3) is 0.417. The monoisotopic (exact) mass is 206 g/mol. The van der Waals surface area contributed by atoms with Gasteiger partial charge in [-0.05, 0) is 18.9 Å². The van der Waals surface area contributed by atoms with Crippen LogP contribution in [0.5, 0.6) is 0 Å². The first-order valence-corrected chi connectivity index (χ1v) is 5.27. The van der Waals surface area contributed by atoms with E-state index in [1.54, 1.807) is 4.90 Å². The maximum Gasteiger partial charge on any atom is 0.317 e. The smallest absolute Gasteiger partial charge is 0.317 e. The number of carbonyl (C=O) groups excluding carboxylic acids is 1. The Kier molecular flexibility index (Phi) is 4.68. The van der Waals surface area contributed by atoms with Crippen molar-refractivity contribution in [3.8, 4) is 0 Å². The molecule has 0 saturated heterocycles. The summed E-state index contributed by atoms with van der Waals surface area (Å²) in [5.41, 5.74) is 1.26. The highest BCUT2D eigenvalue weighted by atomic mass is 16.2. The molecule has 0 heterocycles. The summed E-state index contributed by atoms with van der Waals surface area (Å²) < 4.78 is 0. The number of rotatable bonds is 4. The zero-order chi connectivity index (χ0) is 11.1. The molecule has 0 spiro atoms.